The van der Waals surface area contributed by atoms with Crippen molar-refractivity contribution >= 4 is 5.91 Å². The Kier molecular flexibility index (Phi) is 2.54. The van der Waals surface area contributed by atoms with E-state index in [1.54, 1.807) is 0 Å². The zero-order valence-corrected chi connectivity index (χ0v) is 8.33. The molecule has 2 aliphatic rings. The van der Waals surface area contributed by atoms with Crippen molar-refractivity contribution in [1.29, 1.82) is 0 Å². The summed E-state index contributed by atoms with van der Waals surface area (Å²) in [4.78, 5) is 16.1. The van der Waals surface area contributed by atoms with Crippen LogP contribution < -0.4 is 0 Å². The molecule has 2 rings (SSSR count). The van der Waals surface area contributed by atoms with E-state index in [1.165, 1.54) is 19.3 Å². The first-order valence-electron chi connectivity index (χ1n) is 5.28. The molecule has 0 radical (unpaired) electrons. The molecular weight excluding hydrogens is 164 g/mol. The van der Waals surface area contributed by atoms with E-state index in [4.69, 9.17) is 0 Å². The monoisotopic (exact) mass is 182 g/mol. The largest absolute Gasteiger partial charge is 0.341 e. The molecule has 0 aromatic carbocycles. The first-order chi connectivity index (χ1) is 6.29. The fraction of sp³-hybridized carbons (Fsp3) is 0.900. The number of nitrogens with zero attached hydrogens (tertiary/aromatic N) is 2. The lowest BCUT2D eigenvalue weighted by Gasteiger charge is -2.39. The average molecular weight is 182 g/mol. The molecule has 3 heteroatoms. The lowest BCUT2D eigenvalue weighted by atomic mass is 10.0. The second kappa shape index (κ2) is 3.66. The summed E-state index contributed by atoms with van der Waals surface area (Å²) in [7, 11) is 2.07. The number of carbonyl (C=O) groups is 1. The number of piperidine rings is 1. The topological polar surface area (TPSA) is 23.6 Å². The van der Waals surface area contributed by atoms with Gasteiger partial charge in [-0.05, 0) is 32.9 Å². The Bertz CT molecular complexity index is 201. The smallest absolute Gasteiger partial charge is 0.239 e. The van der Waals surface area contributed by atoms with E-state index in [9.17, 15) is 4.79 Å². The highest BCUT2D eigenvalue weighted by atomic mass is 16.2. The minimum absolute atomic E-state index is 0.189. The van der Waals surface area contributed by atoms with E-state index in [-0.39, 0.29) is 6.04 Å². The van der Waals surface area contributed by atoms with Crippen LogP contribution in [0.15, 0.2) is 0 Å². The molecule has 3 nitrogen and oxygen atoms in total. The van der Waals surface area contributed by atoms with Crippen LogP contribution in [0.1, 0.15) is 25.7 Å². The van der Waals surface area contributed by atoms with Gasteiger partial charge in [-0.15, -0.1) is 0 Å². The Hall–Kier alpha value is -0.570. The van der Waals surface area contributed by atoms with E-state index in [2.05, 4.69) is 11.9 Å². The van der Waals surface area contributed by atoms with Gasteiger partial charge < -0.3 is 4.90 Å². The van der Waals surface area contributed by atoms with Crippen LogP contribution in [0.2, 0.25) is 0 Å². The third-order valence-corrected chi connectivity index (χ3v) is 3.22. The fourth-order valence-electron chi connectivity index (χ4n) is 2.13. The van der Waals surface area contributed by atoms with Crippen molar-refractivity contribution in [3.8, 4) is 0 Å². The van der Waals surface area contributed by atoms with Crippen molar-refractivity contribution in [3.05, 3.63) is 0 Å². The standard InChI is InChI=1S/C10H18N2O/c1-11-6-3-2-5-9(11)10(13)12-7-4-8-12/h9H,2-8H2,1H3. The van der Waals surface area contributed by atoms with E-state index >= 15 is 0 Å². The van der Waals surface area contributed by atoms with Gasteiger partial charge in [0.15, 0.2) is 0 Å². The van der Waals surface area contributed by atoms with Crippen LogP contribution in [0, 0.1) is 0 Å². The molecule has 0 saturated carbocycles. The van der Waals surface area contributed by atoms with Crippen molar-refractivity contribution in [2.75, 3.05) is 26.7 Å². The van der Waals surface area contributed by atoms with Gasteiger partial charge in [-0.1, -0.05) is 6.42 Å². The Morgan fingerprint density at radius 3 is 2.46 bits per heavy atom. The molecule has 1 atom stereocenters. The highest BCUT2D eigenvalue weighted by Gasteiger charge is 2.31. The summed E-state index contributed by atoms with van der Waals surface area (Å²) in [6, 6.07) is 0.189. The Balaban J connectivity index is 1.93. The van der Waals surface area contributed by atoms with E-state index < -0.39 is 0 Å². The molecule has 2 aliphatic heterocycles. The molecule has 1 unspecified atom stereocenters. The van der Waals surface area contributed by atoms with Gasteiger partial charge in [-0.2, -0.15) is 0 Å². The predicted octanol–water partition coefficient (Wildman–Crippen LogP) is 0.703. The van der Waals surface area contributed by atoms with Crippen LogP contribution in [-0.4, -0.2) is 48.4 Å². The minimum atomic E-state index is 0.189. The second-order valence-corrected chi connectivity index (χ2v) is 4.17. The van der Waals surface area contributed by atoms with Crippen LogP contribution in [0.5, 0.6) is 0 Å². The molecule has 0 bridgehead atoms. The van der Waals surface area contributed by atoms with Crippen molar-refractivity contribution < 1.29 is 4.79 Å². The van der Waals surface area contributed by atoms with Gasteiger partial charge in [0, 0.05) is 13.1 Å². The predicted molar refractivity (Wildman–Crippen MR) is 51.5 cm³/mol. The quantitative estimate of drug-likeness (QED) is 0.596. The van der Waals surface area contributed by atoms with Crippen molar-refractivity contribution in [2.24, 2.45) is 0 Å². The van der Waals surface area contributed by atoms with Crippen molar-refractivity contribution in [2.45, 2.75) is 31.7 Å². The molecule has 13 heavy (non-hydrogen) atoms. The molecule has 0 spiro atoms. The summed E-state index contributed by atoms with van der Waals surface area (Å²) in [6.45, 7) is 3.07. The Morgan fingerprint density at radius 2 is 1.92 bits per heavy atom. The molecular formula is C10H18N2O. The molecule has 0 aromatic heterocycles. The highest BCUT2D eigenvalue weighted by Crippen LogP contribution is 2.19. The zero-order chi connectivity index (χ0) is 9.26. The van der Waals surface area contributed by atoms with E-state index in [0.29, 0.717) is 5.91 Å². The van der Waals surface area contributed by atoms with Gasteiger partial charge >= 0.3 is 0 Å². The first-order valence-corrected chi connectivity index (χ1v) is 5.28. The number of likely N-dealkylation sites (N-methyl/N-ethyl adjacent to an activating group) is 1. The Labute approximate surface area is 79.7 Å². The Morgan fingerprint density at radius 1 is 1.15 bits per heavy atom. The lowest BCUT2D eigenvalue weighted by Crippen LogP contribution is -2.53. The highest BCUT2D eigenvalue weighted by molar-refractivity contribution is 5.82. The summed E-state index contributed by atoms with van der Waals surface area (Å²) in [6.07, 6.45) is 4.73. The van der Waals surface area contributed by atoms with Crippen LogP contribution in [0.3, 0.4) is 0 Å². The van der Waals surface area contributed by atoms with E-state index in [0.717, 1.165) is 26.1 Å². The zero-order valence-electron chi connectivity index (χ0n) is 8.33. The molecule has 0 N–H and O–H groups in total. The number of rotatable bonds is 1. The van der Waals surface area contributed by atoms with Crippen molar-refractivity contribution in [1.82, 2.24) is 9.80 Å². The maximum atomic E-state index is 11.9. The van der Waals surface area contributed by atoms with Crippen LogP contribution in [0.25, 0.3) is 0 Å². The molecule has 2 saturated heterocycles. The van der Waals surface area contributed by atoms with Gasteiger partial charge in [0.25, 0.3) is 0 Å². The number of hydrogen-bond donors (Lipinski definition) is 0. The summed E-state index contributed by atoms with van der Waals surface area (Å²) in [5.41, 5.74) is 0. The molecule has 2 fully saturated rings. The van der Waals surface area contributed by atoms with Gasteiger partial charge in [-0.25, -0.2) is 0 Å². The SMILES string of the molecule is CN1CCCCC1C(=O)N1CCC1. The number of likely N-dealkylation sites (tertiary alicyclic amines) is 2. The molecule has 74 valence electrons. The van der Waals surface area contributed by atoms with Crippen LogP contribution >= 0.6 is 0 Å². The number of amides is 1. The number of hydrogen-bond acceptors (Lipinski definition) is 2. The second-order valence-electron chi connectivity index (χ2n) is 4.17. The van der Waals surface area contributed by atoms with Gasteiger partial charge in [0.1, 0.15) is 0 Å². The maximum Gasteiger partial charge on any atom is 0.239 e. The fourth-order valence-corrected chi connectivity index (χ4v) is 2.13. The summed E-state index contributed by atoms with van der Waals surface area (Å²) in [5.74, 6) is 0.369. The first kappa shape index (κ1) is 9.00. The molecule has 1 amide bonds. The normalized spacial score (nSPS) is 29.9. The number of carbonyl (C=O) groups excluding carboxylic acids is 1. The van der Waals surface area contributed by atoms with Crippen LogP contribution in [-0.2, 0) is 4.79 Å². The maximum absolute atomic E-state index is 11.9. The molecule has 0 aromatic rings. The van der Waals surface area contributed by atoms with Gasteiger partial charge in [0.05, 0.1) is 6.04 Å². The van der Waals surface area contributed by atoms with Crippen molar-refractivity contribution in [3.63, 3.8) is 0 Å². The third kappa shape index (κ3) is 1.70. The lowest BCUT2D eigenvalue weighted by molar-refractivity contribution is -0.141. The minimum Gasteiger partial charge on any atom is -0.341 e. The van der Waals surface area contributed by atoms with Gasteiger partial charge in [0.2, 0.25) is 5.91 Å². The summed E-state index contributed by atoms with van der Waals surface area (Å²) < 4.78 is 0. The molecule has 0 aliphatic carbocycles. The molecule has 2 heterocycles. The van der Waals surface area contributed by atoms with Gasteiger partial charge in [-0.3, -0.25) is 9.69 Å². The third-order valence-electron chi connectivity index (χ3n) is 3.22. The van der Waals surface area contributed by atoms with E-state index in [1.807, 2.05) is 4.90 Å². The summed E-state index contributed by atoms with van der Waals surface area (Å²) in [5, 5.41) is 0. The van der Waals surface area contributed by atoms with Crippen LogP contribution in [0.4, 0.5) is 0 Å². The average Bonchev–Trinajstić information content (AvgIpc) is 2.01. The summed E-state index contributed by atoms with van der Waals surface area (Å²) >= 11 is 0.